The summed E-state index contributed by atoms with van der Waals surface area (Å²) in [6, 6.07) is 22.3. The molecule has 2 aliphatic rings. The van der Waals surface area contributed by atoms with E-state index in [0.717, 1.165) is 33.2 Å². The second kappa shape index (κ2) is 9.82. The molecule has 8 nitrogen and oxygen atoms in total. The van der Waals surface area contributed by atoms with Crippen molar-refractivity contribution in [3.05, 3.63) is 95.7 Å². The first-order valence-electron chi connectivity index (χ1n) is 11.4. The molecule has 6 N–H and O–H groups in total. The third kappa shape index (κ3) is 5.23. The van der Waals surface area contributed by atoms with E-state index < -0.39 is 6.04 Å². The third-order valence-corrected chi connectivity index (χ3v) is 5.97. The van der Waals surface area contributed by atoms with Crippen LogP contribution in [0.5, 0.6) is 0 Å². The van der Waals surface area contributed by atoms with Gasteiger partial charge in [-0.1, -0.05) is 36.4 Å². The fraction of sp³-hybridized carbons (Fsp3) is 0.148. The average molecular weight is 467 g/mol. The van der Waals surface area contributed by atoms with Gasteiger partial charge < -0.3 is 27.0 Å². The number of hydrogen-bond acceptors (Lipinski definition) is 6. The second-order valence-corrected chi connectivity index (χ2v) is 8.52. The van der Waals surface area contributed by atoms with Crippen LogP contribution in [0.3, 0.4) is 0 Å². The Kier molecular flexibility index (Phi) is 6.28. The molecule has 8 heteroatoms. The van der Waals surface area contributed by atoms with Crippen LogP contribution in [0.25, 0.3) is 10.8 Å². The third-order valence-electron chi connectivity index (χ3n) is 5.97. The van der Waals surface area contributed by atoms with Crippen LogP contribution in [0.1, 0.15) is 22.7 Å². The van der Waals surface area contributed by atoms with Crippen molar-refractivity contribution in [2.75, 3.05) is 22.9 Å². The van der Waals surface area contributed by atoms with Gasteiger partial charge in [0.05, 0.1) is 6.54 Å². The summed E-state index contributed by atoms with van der Waals surface area (Å²) in [6.07, 6.45) is 1.67. The standard InChI is InChI=1S/C27H26N6O2/c28-26-23-9-8-22(13-20(23)10-11-30-26)33-25-19-6-4-17(5-7-19)14-29-16-24(34)32-21-3-1-2-18(12-21)15-31-27(25)35/h1-13,25,29,33H,14-16H2,(H2,28,30)(H,31,35)(H,32,34). The van der Waals surface area contributed by atoms with E-state index >= 15 is 0 Å². The molecule has 6 rings (SSSR count). The van der Waals surface area contributed by atoms with Crippen molar-refractivity contribution in [1.29, 1.82) is 0 Å². The van der Waals surface area contributed by atoms with E-state index in [2.05, 4.69) is 26.3 Å². The van der Waals surface area contributed by atoms with E-state index in [1.54, 1.807) is 6.20 Å². The zero-order chi connectivity index (χ0) is 24.2. The lowest BCUT2D eigenvalue weighted by molar-refractivity contribution is -0.122. The molecule has 1 atom stereocenters. The van der Waals surface area contributed by atoms with Gasteiger partial charge in [0.25, 0.3) is 0 Å². The van der Waals surface area contributed by atoms with E-state index in [1.807, 2.05) is 72.8 Å². The molecular formula is C27H26N6O2. The topological polar surface area (TPSA) is 121 Å². The number of rotatable bonds is 2. The molecule has 0 radical (unpaired) electrons. The Morgan fingerprint density at radius 3 is 2.60 bits per heavy atom. The van der Waals surface area contributed by atoms with Crippen molar-refractivity contribution < 1.29 is 9.59 Å². The van der Waals surface area contributed by atoms with Crippen molar-refractivity contribution in [3.63, 3.8) is 0 Å². The first-order valence-corrected chi connectivity index (χ1v) is 11.4. The Hall–Kier alpha value is -4.43. The summed E-state index contributed by atoms with van der Waals surface area (Å²) in [7, 11) is 0. The molecular weight excluding hydrogens is 440 g/mol. The summed E-state index contributed by atoms with van der Waals surface area (Å²) < 4.78 is 0. The Labute approximate surface area is 202 Å². The molecule has 0 saturated carbocycles. The molecule has 4 bridgehead atoms. The van der Waals surface area contributed by atoms with Gasteiger partial charge in [0.1, 0.15) is 11.9 Å². The van der Waals surface area contributed by atoms with Crippen molar-refractivity contribution in [3.8, 4) is 0 Å². The number of anilines is 3. The molecule has 0 aliphatic carbocycles. The first-order chi connectivity index (χ1) is 17.0. The number of nitrogens with two attached hydrogens (primary N) is 1. The van der Waals surface area contributed by atoms with Gasteiger partial charge >= 0.3 is 0 Å². The number of amides is 2. The van der Waals surface area contributed by atoms with Gasteiger partial charge in [-0.15, -0.1) is 0 Å². The Balaban J connectivity index is 1.46. The smallest absolute Gasteiger partial charge is 0.247 e. The van der Waals surface area contributed by atoms with Crippen LogP contribution in [-0.2, 0) is 22.7 Å². The molecule has 0 saturated heterocycles. The van der Waals surface area contributed by atoms with Gasteiger partial charge in [0, 0.05) is 36.0 Å². The highest BCUT2D eigenvalue weighted by molar-refractivity contribution is 5.94. The molecule has 1 aromatic heterocycles. The molecule has 2 amide bonds. The van der Waals surface area contributed by atoms with Gasteiger partial charge in [-0.05, 0) is 58.5 Å². The van der Waals surface area contributed by atoms with Crippen LogP contribution in [0.15, 0.2) is 79.0 Å². The van der Waals surface area contributed by atoms with E-state index in [0.29, 0.717) is 24.6 Å². The highest BCUT2D eigenvalue weighted by atomic mass is 16.2. The Bertz CT molecular complexity index is 1390. The Morgan fingerprint density at radius 2 is 1.74 bits per heavy atom. The summed E-state index contributed by atoms with van der Waals surface area (Å²) in [5.74, 6) is 0.193. The normalized spacial score (nSPS) is 16.5. The molecule has 4 aromatic rings. The van der Waals surface area contributed by atoms with Gasteiger partial charge in [-0.3, -0.25) is 9.59 Å². The summed E-state index contributed by atoms with van der Waals surface area (Å²) >= 11 is 0. The highest BCUT2D eigenvalue weighted by Crippen LogP contribution is 2.26. The summed E-state index contributed by atoms with van der Waals surface area (Å²) in [4.78, 5) is 29.8. The largest absolute Gasteiger partial charge is 0.383 e. The maximum Gasteiger partial charge on any atom is 0.247 e. The van der Waals surface area contributed by atoms with Crippen molar-refractivity contribution in [2.24, 2.45) is 0 Å². The zero-order valence-electron chi connectivity index (χ0n) is 19.0. The van der Waals surface area contributed by atoms with Gasteiger partial charge in [0.15, 0.2) is 0 Å². The average Bonchev–Trinajstić information content (AvgIpc) is 2.86. The summed E-state index contributed by atoms with van der Waals surface area (Å²) in [5, 5.41) is 14.3. The van der Waals surface area contributed by atoms with Crippen LogP contribution in [0, 0.1) is 0 Å². The molecule has 3 heterocycles. The summed E-state index contributed by atoms with van der Waals surface area (Å²) in [5.41, 5.74) is 10.2. The van der Waals surface area contributed by atoms with Crippen LogP contribution >= 0.6 is 0 Å². The molecule has 2 aliphatic heterocycles. The molecule has 0 fully saturated rings. The molecule has 35 heavy (non-hydrogen) atoms. The number of pyridine rings is 1. The lowest BCUT2D eigenvalue weighted by Crippen LogP contribution is -2.33. The lowest BCUT2D eigenvalue weighted by atomic mass is 10.0. The number of nitrogen functional groups attached to an aromatic ring is 1. The fourth-order valence-corrected chi connectivity index (χ4v) is 4.16. The van der Waals surface area contributed by atoms with Crippen LogP contribution in [0.4, 0.5) is 17.2 Å². The van der Waals surface area contributed by atoms with E-state index in [4.69, 9.17) is 5.73 Å². The fourth-order valence-electron chi connectivity index (χ4n) is 4.16. The minimum atomic E-state index is -0.607. The number of carbonyl (C=O) groups is 2. The maximum atomic E-state index is 13.4. The maximum absolute atomic E-state index is 13.4. The second-order valence-electron chi connectivity index (χ2n) is 8.52. The first kappa shape index (κ1) is 22.4. The number of aromatic nitrogens is 1. The van der Waals surface area contributed by atoms with E-state index in [9.17, 15) is 9.59 Å². The van der Waals surface area contributed by atoms with Gasteiger partial charge in [-0.2, -0.15) is 0 Å². The van der Waals surface area contributed by atoms with Crippen molar-refractivity contribution >= 4 is 39.8 Å². The minimum Gasteiger partial charge on any atom is -0.383 e. The number of nitrogens with zero attached hydrogens (tertiary/aromatic N) is 1. The van der Waals surface area contributed by atoms with Gasteiger partial charge in [-0.25, -0.2) is 4.98 Å². The number of benzene rings is 3. The van der Waals surface area contributed by atoms with Crippen molar-refractivity contribution in [2.45, 2.75) is 19.1 Å². The lowest BCUT2D eigenvalue weighted by Gasteiger charge is -2.21. The van der Waals surface area contributed by atoms with Crippen LogP contribution < -0.4 is 27.0 Å². The highest BCUT2D eigenvalue weighted by Gasteiger charge is 2.21. The quantitative estimate of drug-likeness (QED) is 0.309. The molecule has 0 spiro atoms. The summed E-state index contributed by atoms with van der Waals surface area (Å²) in [6.45, 7) is 1.07. The predicted octanol–water partition coefficient (Wildman–Crippen LogP) is 3.33. The van der Waals surface area contributed by atoms with Crippen molar-refractivity contribution in [1.82, 2.24) is 15.6 Å². The van der Waals surface area contributed by atoms with Crippen LogP contribution in [-0.4, -0.2) is 23.3 Å². The number of carbonyl (C=O) groups excluding carboxylic acids is 2. The van der Waals surface area contributed by atoms with E-state index in [1.165, 1.54) is 0 Å². The minimum absolute atomic E-state index is 0.118. The molecule has 1 unspecified atom stereocenters. The number of hydrogen-bond donors (Lipinski definition) is 5. The van der Waals surface area contributed by atoms with E-state index in [-0.39, 0.29) is 18.4 Å². The number of nitrogens with one attached hydrogen (secondary N) is 4. The zero-order valence-corrected chi connectivity index (χ0v) is 19.0. The molecule has 176 valence electrons. The SMILES string of the molecule is Nc1nccc2cc(NC3C(=O)NCc4cccc(c4)NC(=O)CNCc4ccc3cc4)ccc12. The predicted molar refractivity (Wildman–Crippen MR) is 138 cm³/mol. The van der Waals surface area contributed by atoms with Gasteiger partial charge in [0.2, 0.25) is 11.8 Å². The number of fused-ring (bicyclic) bond motifs is 10. The Morgan fingerprint density at radius 1 is 0.886 bits per heavy atom. The van der Waals surface area contributed by atoms with Crippen LogP contribution in [0.2, 0.25) is 0 Å². The monoisotopic (exact) mass is 466 g/mol. The molecule has 3 aromatic carbocycles.